The molecule has 0 aliphatic carbocycles. The van der Waals surface area contributed by atoms with Crippen molar-refractivity contribution in [2.75, 3.05) is 11.5 Å². The molecule has 0 atom stereocenters. The maximum atomic E-state index is 14.2. The molecule has 2 aromatic carbocycles. The molecule has 0 aliphatic heterocycles. The fraction of sp³-hybridized carbons (Fsp3) is 0.208. The van der Waals surface area contributed by atoms with Crippen molar-refractivity contribution in [1.29, 1.82) is 0 Å². The second-order valence-corrected chi connectivity index (χ2v) is 8.22. The maximum Gasteiger partial charge on any atom is 0.260 e. The summed E-state index contributed by atoms with van der Waals surface area (Å²) in [4.78, 5) is 23.3. The summed E-state index contributed by atoms with van der Waals surface area (Å²) in [6.07, 6.45) is 5.28. The number of unbranched alkanes of at least 4 members (excludes halogenated alkanes) is 1. The van der Waals surface area contributed by atoms with Crippen molar-refractivity contribution in [2.24, 2.45) is 0 Å². The molecule has 5 nitrogen and oxygen atoms in total. The average Bonchev–Trinajstić information content (AvgIpc) is 3.22. The van der Waals surface area contributed by atoms with Gasteiger partial charge in [0, 0.05) is 24.0 Å². The Hall–Kier alpha value is -3.39. The molecule has 8 heteroatoms. The molecule has 0 unspecified atom stereocenters. The number of pyridine rings is 1. The average molecular weight is 454 g/mol. The van der Waals surface area contributed by atoms with Crippen LogP contribution in [0.25, 0.3) is 10.2 Å². The fourth-order valence-corrected chi connectivity index (χ4v) is 4.15. The number of carbonyl (C=O) groups excluding carboxylic acids is 1. The van der Waals surface area contributed by atoms with Crippen LogP contribution in [0.3, 0.4) is 0 Å². The zero-order valence-corrected chi connectivity index (χ0v) is 18.2. The Bertz CT molecular complexity index is 1210. The second-order valence-electron chi connectivity index (χ2n) is 7.21. The van der Waals surface area contributed by atoms with E-state index in [9.17, 15) is 13.6 Å². The Morgan fingerprint density at radius 1 is 1.16 bits per heavy atom. The largest absolute Gasteiger partial charge is 0.494 e. The lowest BCUT2D eigenvalue weighted by atomic mass is 10.1. The number of ether oxygens (including phenoxy) is 1. The van der Waals surface area contributed by atoms with E-state index < -0.39 is 11.6 Å². The first kappa shape index (κ1) is 21.8. The number of benzene rings is 2. The Kier molecular flexibility index (Phi) is 6.70. The van der Waals surface area contributed by atoms with Gasteiger partial charge >= 0.3 is 0 Å². The number of hydrogen-bond acceptors (Lipinski definition) is 5. The van der Waals surface area contributed by atoms with Crippen LogP contribution in [0.1, 0.15) is 35.7 Å². The van der Waals surface area contributed by atoms with E-state index in [4.69, 9.17) is 4.74 Å². The van der Waals surface area contributed by atoms with Gasteiger partial charge in [0.25, 0.3) is 5.91 Å². The Morgan fingerprint density at radius 2 is 1.97 bits per heavy atom. The Labute approximate surface area is 188 Å². The summed E-state index contributed by atoms with van der Waals surface area (Å²) in [5, 5.41) is 0.279. The summed E-state index contributed by atoms with van der Waals surface area (Å²) in [5.41, 5.74) is 1.25. The van der Waals surface area contributed by atoms with Crippen LogP contribution in [0.4, 0.5) is 13.9 Å². The predicted octanol–water partition coefficient (Wildman–Crippen LogP) is 6.00. The molecule has 0 aliphatic rings. The highest BCUT2D eigenvalue weighted by Crippen LogP contribution is 2.33. The quantitative estimate of drug-likeness (QED) is 0.307. The highest BCUT2D eigenvalue weighted by Gasteiger charge is 2.23. The molecule has 164 valence electrons. The maximum absolute atomic E-state index is 14.2. The first-order valence-corrected chi connectivity index (χ1v) is 11.1. The molecule has 0 spiro atoms. The van der Waals surface area contributed by atoms with Crippen molar-refractivity contribution in [2.45, 2.75) is 26.3 Å². The molecule has 4 aromatic rings. The molecule has 0 fully saturated rings. The van der Waals surface area contributed by atoms with Crippen LogP contribution >= 0.6 is 11.3 Å². The van der Waals surface area contributed by atoms with Gasteiger partial charge in [0.05, 0.1) is 17.9 Å². The summed E-state index contributed by atoms with van der Waals surface area (Å²) >= 11 is 1.06. The van der Waals surface area contributed by atoms with Crippen LogP contribution in [0, 0.1) is 11.6 Å². The molecule has 4 rings (SSSR count). The van der Waals surface area contributed by atoms with Gasteiger partial charge in [-0.25, -0.2) is 13.8 Å². The minimum atomic E-state index is -0.759. The van der Waals surface area contributed by atoms with Gasteiger partial charge in [0.2, 0.25) is 0 Å². The van der Waals surface area contributed by atoms with E-state index in [1.165, 1.54) is 11.0 Å². The van der Waals surface area contributed by atoms with Crippen molar-refractivity contribution in [3.63, 3.8) is 0 Å². The van der Waals surface area contributed by atoms with Gasteiger partial charge in [-0.05, 0) is 48.4 Å². The van der Waals surface area contributed by atoms with Crippen molar-refractivity contribution in [3.05, 3.63) is 83.7 Å². The van der Waals surface area contributed by atoms with Crippen LogP contribution in [-0.2, 0) is 6.54 Å². The summed E-state index contributed by atoms with van der Waals surface area (Å²) in [7, 11) is 0. The zero-order chi connectivity index (χ0) is 22.5. The lowest BCUT2D eigenvalue weighted by molar-refractivity contribution is 0.0985. The van der Waals surface area contributed by atoms with E-state index in [0.717, 1.165) is 35.8 Å². The lowest BCUT2D eigenvalue weighted by Crippen LogP contribution is -2.30. The third-order valence-corrected chi connectivity index (χ3v) is 5.83. The van der Waals surface area contributed by atoms with Crippen molar-refractivity contribution in [3.8, 4) is 5.75 Å². The van der Waals surface area contributed by atoms with Gasteiger partial charge in [-0.1, -0.05) is 30.7 Å². The zero-order valence-electron chi connectivity index (χ0n) is 17.4. The summed E-state index contributed by atoms with van der Waals surface area (Å²) in [6, 6.07) is 12.5. The van der Waals surface area contributed by atoms with Crippen LogP contribution in [0.5, 0.6) is 5.75 Å². The number of aromatic nitrogens is 2. The Morgan fingerprint density at radius 3 is 2.69 bits per heavy atom. The van der Waals surface area contributed by atoms with Gasteiger partial charge < -0.3 is 4.74 Å². The third-order valence-electron chi connectivity index (χ3n) is 4.81. The van der Waals surface area contributed by atoms with Gasteiger partial charge in [-0.15, -0.1) is 0 Å². The molecule has 0 bridgehead atoms. The molecular formula is C24H21F2N3O2S. The van der Waals surface area contributed by atoms with Crippen molar-refractivity contribution < 1.29 is 18.3 Å². The van der Waals surface area contributed by atoms with Crippen molar-refractivity contribution in [1.82, 2.24) is 9.97 Å². The van der Waals surface area contributed by atoms with Crippen LogP contribution < -0.4 is 9.64 Å². The van der Waals surface area contributed by atoms with Gasteiger partial charge in [0.15, 0.2) is 10.9 Å². The predicted molar refractivity (Wildman–Crippen MR) is 121 cm³/mol. The first-order chi connectivity index (χ1) is 15.5. The number of thiazole rings is 1. The smallest absolute Gasteiger partial charge is 0.260 e. The Balaban J connectivity index is 1.66. The highest BCUT2D eigenvalue weighted by molar-refractivity contribution is 7.22. The molecule has 0 radical (unpaired) electrons. The topological polar surface area (TPSA) is 55.3 Å². The summed E-state index contributed by atoms with van der Waals surface area (Å²) in [5.74, 6) is -1.07. The van der Waals surface area contributed by atoms with E-state index in [0.29, 0.717) is 22.6 Å². The number of amides is 1. The van der Waals surface area contributed by atoms with Crippen LogP contribution in [-0.4, -0.2) is 22.5 Å². The van der Waals surface area contributed by atoms with Gasteiger partial charge in [0.1, 0.15) is 17.1 Å². The SMILES string of the molecule is CCCCOc1ccc(C(=O)N(Cc2cccnc2)c2nc3c(F)cc(F)cc3s2)cc1. The van der Waals surface area contributed by atoms with Gasteiger partial charge in [-0.3, -0.25) is 14.7 Å². The molecule has 0 saturated carbocycles. The number of fused-ring (bicyclic) bond motifs is 1. The molecule has 1 amide bonds. The van der Waals surface area contributed by atoms with Crippen molar-refractivity contribution >= 4 is 32.6 Å². The molecule has 0 N–H and O–H groups in total. The van der Waals surface area contributed by atoms with E-state index in [1.807, 2.05) is 6.07 Å². The number of carbonyl (C=O) groups is 1. The number of anilines is 1. The summed E-state index contributed by atoms with van der Waals surface area (Å²) < 4.78 is 33.9. The van der Waals surface area contributed by atoms with E-state index in [1.54, 1.807) is 42.7 Å². The monoisotopic (exact) mass is 453 g/mol. The van der Waals surface area contributed by atoms with Gasteiger partial charge in [-0.2, -0.15) is 0 Å². The molecule has 0 saturated heterocycles. The standard InChI is InChI=1S/C24H21F2N3O2S/c1-2-3-11-31-19-8-6-17(7-9-19)23(30)29(15-16-5-4-10-27-14-16)24-28-22-20(26)12-18(25)13-21(22)32-24/h4-10,12-14H,2-3,11,15H2,1H3. The summed E-state index contributed by atoms with van der Waals surface area (Å²) in [6.45, 7) is 2.89. The van der Waals surface area contributed by atoms with Crippen LogP contribution in [0.15, 0.2) is 60.9 Å². The number of rotatable bonds is 8. The number of hydrogen-bond donors (Lipinski definition) is 0. The molecular weight excluding hydrogens is 432 g/mol. The first-order valence-electron chi connectivity index (χ1n) is 10.2. The van der Waals surface area contributed by atoms with E-state index in [-0.39, 0.29) is 23.1 Å². The minimum Gasteiger partial charge on any atom is -0.494 e. The fourth-order valence-electron chi connectivity index (χ4n) is 3.15. The third kappa shape index (κ3) is 4.91. The normalized spacial score (nSPS) is 11.0. The highest BCUT2D eigenvalue weighted by atomic mass is 32.1. The van der Waals surface area contributed by atoms with E-state index >= 15 is 0 Å². The molecule has 2 heterocycles. The lowest BCUT2D eigenvalue weighted by Gasteiger charge is -2.20. The molecule has 2 aromatic heterocycles. The van der Waals surface area contributed by atoms with Crippen LogP contribution in [0.2, 0.25) is 0 Å². The second kappa shape index (κ2) is 9.82. The number of nitrogens with zero attached hydrogens (tertiary/aromatic N) is 3. The minimum absolute atomic E-state index is 0.0371. The van der Waals surface area contributed by atoms with E-state index in [2.05, 4.69) is 16.9 Å². The molecule has 32 heavy (non-hydrogen) atoms. The number of halogens is 2.